The highest BCUT2D eigenvalue weighted by Gasteiger charge is 2.44. The molecule has 0 spiro atoms. The number of allylic oxidation sites excluding steroid dienone is 2. The van der Waals surface area contributed by atoms with Crippen molar-refractivity contribution in [3.8, 4) is 0 Å². The third-order valence-corrected chi connectivity index (χ3v) is 9.64. The molecule has 1 aliphatic carbocycles. The lowest BCUT2D eigenvalue weighted by Crippen LogP contribution is -2.42. The van der Waals surface area contributed by atoms with Gasteiger partial charge in [-0.15, -0.1) is 0 Å². The van der Waals surface area contributed by atoms with Crippen molar-refractivity contribution >= 4 is 47.5 Å². The monoisotopic (exact) mass is 617 g/mol. The zero-order valence-corrected chi connectivity index (χ0v) is 25.6. The fraction of sp³-hybridized carbons (Fsp3) is 0.519. The van der Waals surface area contributed by atoms with Gasteiger partial charge in [-0.25, -0.2) is 19.5 Å². The van der Waals surface area contributed by atoms with Gasteiger partial charge in [0.15, 0.2) is 16.8 Å². The zero-order valence-electron chi connectivity index (χ0n) is 23.8. The van der Waals surface area contributed by atoms with E-state index in [9.17, 15) is 9.36 Å². The van der Waals surface area contributed by atoms with Gasteiger partial charge < -0.3 is 19.7 Å². The molecule has 7 atom stereocenters. The van der Waals surface area contributed by atoms with E-state index in [1.165, 1.54) is 6.20 Å². The maximum Gasteiger partial charge on any atom is 0.386 e. The smallest absolute Gasteiger partial charge is 0.384 e. The van der Waals surface area contributed by atoms with E-state index in [1.54, 1.807) is 43.4 Å². The minimum absolute atomic E-state index is 0.0810. The SMILES string of the molecule is C=C(/C=C\N=C(/C)C(N)=O)[C@@H]1C[C@H](COP(=O)(S)O[C@H]2C[C@H](n3cnc4c3ncn3ccnc43)O[C@@H]2CC)[C@H]1COC. The number of aliphatic imine (C=N–C) groups is 1. The number of rotatable bonds is 13. The summed E-state index contributed by atoms with van der Waals surface area (Å²) in [6.07, 6.45) is 10.8. The molecule has 15 heteroatoms. The molecule has 2 fully saturated rings. The van der Waals surface area contributed by atoms with Gasteiger partial charge in [-0.05, 0) is 43.6 Å². The number of thiol groups is 1. The Bertz CT molecular complexity index is 1570. The average molecular weight is 618 g/mol. The van der Waals surface area contributed by atoms with Crippen molar-refractivity contribution in [1.82, 2.24) is 23.9 Å². The number of hydrogen-bond donors (Lipinski definition) is 2. The first-order valence-corrected chi connectivity index (χ1v) is 16.4. The fourth-order valence-electron chi connectivity index (χ4n) is 5.60. The lowest BCUT2D eigenvalue weighted by atomic mass is 9.62. The van der Waals surface area contributed by atoms with E-state index in [0.29, 0.717) is 36.3 Å². The molecule has 3 aromatic heterocycles. The number of aromatic nitrogens is 5. The number of imidazole rings is 2. The number of nitrogens with zero attached hydrogens (tertiary/aromatic N) is 6. The van der Waals surface area contributed by atoms with E-state index < -0.39 is 25.0 Å². The first kappa shape index (κ1) is 30.6. The highest BCUT2D eigenvalue weighted by Crippen LogP contribution is 2.58. The number of primary amides is 1. The highest BCUT2D eigenvalue weighted by atomic mass is 32.7. The minimum Gasteiger partial charge on any atom is -0.384 e. The topological polar surface area (TPSA) is 157 Å². The molecule has 226 valence electrons. The lowest BCUT2D eigenvalue weighted by molar-refractivity contribution is -0.112. The molecule has 5 rings (SSSR count). The largest absolute Gasteiger partial charge is 0.386 e. The van der Waals surface area contributed by atoms with Crippen molar-refractivity contribution in [2.24, 2.45) is 28.5 Å². The van der Waals surface area contributed by atoms with Crippen LogP contribution in [-0.4, -0.2) is 68.1 Å². The standard InChI is InChI=1S/C27H36N7O6PS/c1-5-21-22(11-23(39-21)34-15-31-24-26-30-8-9-33(26)14-32-27(24)34)40-41(36,42)38-12-18-10-19(20(18)13-37-4)16(2)6-7-29-17(3)25(28)35/h6-9,14-15,18-23H,2,5,10-13H2,1,3-4H3,(H2,28,35)(H,36,42)/b7-6-,29-17+/t18-,19+,20-,21-,22+,23-,41?/m1/s1. The second-order valence-electron chi connectivity index (χ2n) is 10.6. The van der Waals surface area contributed by atoms with Crippen LogP contribution >= 0.6 is 19.0 Å². The summed E-state index contributed by atoms with van der Waals surface area (Å²) in [5, 5.41) is 0. The number of methoxy groups -OCH3 is 1. The van der Waals surface area contributed by atoms with E-state index >= 15 is 0 Å². The molecule has 1 amide bonds. The molecule has 1 saturated heterocycles. The first-order chi connectivity index (χ1) is 20.1. The highest BCUT2D eigenvalue weighted by molar-refractivity contribution is 8.44. The molecular weight excluding hydrogens is 581 g/mol. The quantitative estimate of drug-likeness (QED) is 0.125. The molecule has 13 nitrogen and oxygen atoms in total. The zero-order chi connectivity index (χ0) is 30.0. The summed E-state index contributed by atoms with van der Waals surface area (Å²) in [6, 6.07) is 0. The molecule has 0 bridgehead atoms. The lowest BCUT2D eigenvalue weighted by Gasteiger charge is -2.45. The number of carbonyl (C=O) groups excluding carboxylic acids is 1. The summed E-state index contributed by atoms with van der Waals surface area (Å²) in [5.41, 5.74) is 8.31. The van der Waals surface area contributed by atoms with Crippen molar-refractivity contribution in [2.75, 3.05) is 20.3 Å². The Morgan fingerprint density at radius 1 is 1.29 bits per heavy atom. The molecule has 1 aliphatic heterocycles. The minimum atomic E-state index is -3.71. The van der Waals surface area contributed by atoms with Crippen LogP contribution in [0.4, 0.5) is 0 Å². The van der Waals surface area contributed by atoms with E-state index in [4.69, 9.17) is 24.3 Å². The summed E-state index contributed by atoms with van der Waals surface area (Å²) < 4.78 is 40.5. The van der Waals surface area contributed by atoms with Gasteiger partial charge in [0.05, 0.1) is 25.1 Å². The predicted octanol–water partition coefficient (Wildman–Crippen LogP) is 4.13. The van der Waals surface area contributed by atoms with Crippen LogP contribution in [0.25, 0.3) is 16.8 Å². The summed E-state index contributed by atoms with van der Waals surface area (Å²) in [4.78, 5) is 28.6. The molecule has 2 N–H and O–H groups in total. The van der Waals surface area contributed by atoms with Gasteiger partial charge in [0.25, 0.3) is 5.91 Å². The average Bonchev–Trinajstić information content (AvgIpc) is 3.68. The van der Waals surface area contributed by atoms with E-state index in [2.05, 4.69) is 38.8 Å². The molecule has 1 unspecified atom stereocenters. The fourth-order valence-corrected chi connectivity index (χ4v) is 7.16. The van der Waals surface area contributed by atoms with Crippen LogP contribution in [0.2, 0.25) is 0 Å². The van der Waals surface area contributed by atoms with Crippen LogP contribution in [0.3, 0.4) is 0 Å². The Morgan fingerprint density at radius 3 is 2.83 bits per heavy atom. The maximum absolute atomic E-state index is 13.3. The van der Waals surface area contributed by atoms with Crippen LogP contribution < -0.4 is 5.73 Å². The Hall–Kier alpha value is -2.87. The molecular formula is C27H36N7O6PS. The van der Waals surface area contributed by atoms with Gasteiger partial charge in [-0.1, -0.05) is 31.3 Å². The Kier molecular flexibility index (Phi) is 9.31. The number of hydrogen-bond acceptors (Lipinski definition) is 10. The first-order valence-electron chi connectivity index (χ1n) is 13.8. The number of amides is 1. The van der Waals surface area contributed by atoms with Crippen molar-refractivity contribution in [2.45, 2.75) is 51.5 Å². The van der Waals surface area contributed by atoms with Gasteiger partial charge in [0, 0.05) is 38.7 Å². The van der Waals surface area contributed by atoms with Crippen molar-refractivity contribution in [3.05, 3.63) is 49.5 Å². The van der Waals surface area contributed by atoms with Crippen molar-refractivity contribution in [3.63, 3.8) is 0 Å². The molecule has 0 radical (unpaired) electrons. The second kappa shape index (κ2) is 12.8. The Balaban J connectivity index is 1.18. The van der Waals surface area contributed by atoms with Crippen LogP contribution in [0.1, 0.15) is 39.3 Å². The van der Waals surface area contributed by atoms with E-state index in [0.717, 1.165) is 12.0 Å². The van der Waals surface area contributed by atoms with Gasteiger partial charge in [-0.3, -0.25) is 23.3 Å². The van der Waals surface area contributed by atoms with Crippen LogP contribution in [0.5, 0.6) is 0 Å². The molecule has 1 saturated carbocycles. The van der Waals surface area contributed by atoms with Gasteiger partial charge in [0.1, 0.15) is 18.3 Å². The van der Waals surface area contributed by atoms with Gasteiger partial charge >= 0.3 is 6.80 Å². The normalized spacial score (nSPS) is 28.0. The van der Waals surface area contributed by atoms with Gasteiger partial charge in [0.2, 0.25) is 0 Å². The number of nitrogens with two attached hydrogens (primary N) is 1. The van der Waals surface area contributed by atoms with Crippen LogP contribution in [0.15, 0.2) is 54.5 Å². The van der Waals surface area contributed by atoms with Crippen molar-refractivity contribution < 1.29 is 27.9 Å². The predicted molar refractivity (Wildman–Crippen MR) is 160 cm³/mol. The summed E-state index contributed by atoms with van der Waals surface area (Å²) in [5.74, 6) is -0.255. The molecule has 42 heavy (non-hydrogen) atoms. The number of fused-ring (bicyclic) bond motifs is 3. The summed E-state index contributed by atoms with van der Waals surface area (Å²) in [7, 11) is 1.64. The van der Waals surface area contributed by atoms with Crippen LogP contribution in [0, 0.1) is 17.8 Å². The van der Waals surface area contributed by atoms with Gasteiger partial charge in [-0.2, -0.15) is 0 Å². The molecule has 3 aromatic rings. The third kappa shape index (κ3) is 6.38. The third-order valence-electron chi connectivity index (χ3n) is 7.99. The molecule has 2 aliphatic rings. The number of ether oxygens (including phenoxy) is 2. The van der Waals surface area contributed by atoms with E-state index in [1.807, 2.05) is 17.7 Å². The van der Waals surface area contributed by atoms with Crippen LogP contribution in [-0.2, 0) is 27.9 Å². The van der Waals surface area contributed by atoms with E-state index in [-0.39, 0.29) is 36.2 Å². The molecule has 4 heterocycles. The van der Waals surface area contributed by atoms with Crippen molar-refractivity contribution in [1.29, 1.82) is 0 Å². The summed E-state index contributed by atoms with van der Waals surface area (Å²) >= 11 is 4.30. The summed E-state index contributed by atoms with van der Waals surface area (Å²) in [6.45, 7) is 4.66. The Morgan fingerprint density at radius 2 is 2.10 bits per heavy atom. The molecule has 0 aromatic carbocycles. The Labute approximate surface area is 248 Å². The number of carbonyl (C=O) groups is 1. The maximum atomic E-state index is 13.3. The second-order valence-corrected chi connectivity index (χ2v) is 13.5.